The van der Waals surface area contributed by atoms with Gasteiger partial charge >= 0.3 is 0 Å². The van der Waals surface area contributed by atoms with E-state index in [4.69, 9.17) is 11.0 Å². The lowest BCUT2D eigenvalue weighted by Crippen LogP contribution is -2.17. The second kappa shape index (κ2) is 6.04. The van der Waals surface area contributed by atoms with Crippen LogP contribution in [0.2, 0.25) is 0 Å². The summed E-state index contributed by atoms with van der Waals surface area (Å²) in [5.74, 6) is -0.166. The van der Waals surface area contributed by atoms with E-state index in [1.54, 1.807) is 6.92 Å². The fourth-order valence-corrected chi connectivity index (χ4v) is 3.10. The Morgan fingerprint density at radius 3 is 2.63 bits per heavy atom. The van der Waals surface area contributed by atoms with E-state index in [0.717, 1.165) is 11.3 Å². The number of Topliss-reactive ketones (excluding diaryl/α,β-unsaturated/α-hetero) is 1. The normalized spacial score (nSPS) is 11.0. The van der Waals surface area contributed by atoms with Crippen molar-refractivity contribution < 1.29 is 13.2 Å². The highest BCUT2D eigenvalue weighted by Gasteiger charge is 2.18. The number of ketones is 1. The molecule has 0 radical (unpaired) electrons. The average Bonchev–Trinajstić information content (AvgIpc) is 2.66. The van der Waals surface area contributed by atoms with Crippen molar-refractivity contribution >= 4 is 37.6 Å². The summed E-state index contributed by atoms with van der Waals surface area (Å²) in [4.78, 5) is 11.6. The molecule has 1 aromatic rings. The Hall–Kier alpha value is -1.59. The molecule has 0 bridgehead atoms. The van der Waals surface area contributed by atoms with Crippen molar-refractivity contribution in [2.24, 2.45) is 0 Å². The molecule has 0 spiro atoms. The molecule has 1 rings (SSSR count). The largest absolute Gasteiger partial charge is 0.396 e. The number of hydrogen-bond donors (Lipinski definition) is 2. The molecule has 0 atom stereocenters. The van der Waals surface area contributed by atoms with Crippen molar-refractivity contribution in [3.8, 4) is 6.07 Å². The number of nitrogens with one attached hydrogen (secondary N) is 1. The van der Waals surface area contributed by atoms with E-state index in [1.807, 2.05) is 6.07 Å². The molecular formula is C11H15N3O3S2. The predicted octanol–water partition coefficient (Wildman–Crippen LogP) is 1.25. The second-order valence-electron chi connectivity index (χ2n) is 3.88. The van der Waals surface area contributed by atoms with Crippen LogP contribution in [0.1, 0.15) is 29.1 Å². The number of nitrogens with zero attached hydrogens (tertiary/aromatic N) is 1. The lowest BCUT2D eigenvalue weighted by molar-refractivity contribution is 0.102. The van der Waals surface area contributed by atoms with Crippen molar-refractivity contribution in [3.63, 3.8) is 0 Å². The minimum absolute atomic E-state index is 0.0262. The fraction of sp³-hybridized carbons (Fsp3) is 0.455. The number of carbonyl (C=O) groups excluding carboxylic acids is 1. The minimum atomic E-state index is -3.07. The van der Waals surface area contributed by atoms with Crippen LogP contribution >= 0.6 is 11.3 Å². The van der Waals surface area contributed by atoms with E-state index in [9.17, 15) is 13.2 Å². The van der Waals surface area contributed by atoms with Crippen molar-refractivity contribution in [2.75, 3.05) is 29.1 Å². The third kappa shape index (κ3) is 3.68. The molecule has 8 heteroatoms. The van der Waals surface area contributed by atoms with E-state index in [0.29, 0.717) is 9.88 Å². The second-order valence-corrected chi connectivity index (χ2v) is 7.37. The van der Waals surface area contributed by atoms with Crippen LogP contribution in [-0.4, -0.2) is 32.3 Å². The number of carbonyl (C=O) groups is 1. The third-order valence-electron chi connectivity index (χ3n) is 2.52. The van der Waals surface area contributed by atoms with Crippen molar-refractivity contribution in [2.45, 2.75) is 13.8 Å². The molecule has 0 unspecified atom stereocenters. The van der Waals surface area contributed by atoms with Gasteiger partial charge in [0.15, 0.2) is 15.6 Å². The van der Waals surface area contributed by atoms with Gasteiger partial charge in [-0.15, -0.1) is 11.3 Å². The summed E-state index contributed by atoms with van der Waals surface area (Å²) in [6.07, 6.45) is 0. The maximum absolute atomic E-state index is 11.3. The van der Waals surface area contributed by atoms with Gasteiger partial charge < -0.3 is 11.1 Å². The van der Waals surface area contributed by atoms with Gasteiger partial charge in [0.05, 0.1) is 16.3 Å². The molecule has 0 aliphatic carbocycles. The first-order valence-corrected chi connectivity index (χ1v) is 8.23. The van der Waals surface area contributed by atoms with Crippen LogP contribution < -0.4 is 11.1 Å². The number of hydrogen-bond acceptors (Lipinski definition) is 7. The number of rotatable bonds is 6. The van der Waals surface area contributed by atoms with Crippen molar-refractivity contribution in [3.05, 3.63) is 10.4 Å². The first kappa shape index (κ1) is 15.5. The number of nitrogen functional groups attached to an aromatic ring is 1. The highest BCUT2D eigenvalue weighted by molar-refractivity contribution is 7.91. The summed E-state index contributed by atoms with van der Waals surface area (Å²) < 4.78 is 22.7. The van der Waals surface area contributed by atoms with Crippen LogP contribution in [0.5, 0.6) is 0 Å². The van der Waals surface area contributed by atoms with Gasteiger partial charge in [-0.2, -0.15) is 5.26 Å². The Balaban J connectivity index is 2.88. The summed E-state index contributed by atoms with van der Waals surface area (Å²) in [5.41, 5.74) is 6.06. The number of nitrogens with two attached hydrogens (primary N) is 1. The van der Waals surface area contributed by atoms with Crippen LogP contribution in [-0.2, 0) is 9.84 Å². The summed E-state index contributed by atoms with van der Waals surface area (Å²) in [5, 5.41) is 12.3. The molecule has 0 aliphatic rings. The van der Waals surface area contributed by atoms with E-state index in [1.165, 1.54) is 6.92 Å². The van der Waals surface area contributed by atoms with Crippen molar-refractivity contribution in [1.29, 1.82) is 5.26 Å². The first-order chi connectivity index (χ1) is 8.82. The fourth-order valence-electron chi connectivity index (χ4n) is 1.41. The predicted molar refractivity (Wildman–Crippen MR) is 76.3 cm³/mol. The van der Waals surface area contributed by atoms with Gasteiger partial charge in [0.25, 0.3) is 0 Å². The van der Waals surface area contributed by atoms with E-state index < -0.39 is 9.84 Å². The molecular weight excluding hydrogens is 286 g/mol. The van der Waals surface area contributed by atoms with Crippen LogP contribution in [0.15, 0.2) is 0 Å². The van der Waals surface area contributed by atoms with Crippen LogP contribution in [0, 0.1) is 11.3 Å². The zero-order valence-electron chi connectivity index (χ0n) is 10.7. The number of nitriles is 1. The highest BCUT2D eigenvalue weighted by atomic mass is 32.2. The van der Waals surface area contributed by atoms with Gasteiger partial charge in [-0.25, -0.2) is 8.42 Å². The number of thiophene rings is 1. The molecule has 19 heavy (non-hydrogen) atoms. The third-order valence-corrected chi connectivity index (χ3v) is 5.49. The van der Waals surface area contributed by atoms with Gasteiger partial charge in [0, 0.05) is 19.2 Å². The Labute approximate surface area is 116 Å². The molecule has 0 aliphatic heterocycles. The Kier molecular flexibility index (Phi) is 4.91. The molecule has 1 heterocycles. The molecule has 0 saturated carbocycles. The smallest absolute Gasteiger partial charge is 0.171 e. The molecule has 6 nitrogen and oxygen atoms in total. The summed E-state index contributed by atoms with van der Waals surface area (Å²) >= 11 is 1.07. The molecule has 104 valence electrons. The lowest BCUT2D eigenvalue weighted by atomic mass is 10.2. The molecule has 0 saturated heterocycles. The summed E-state index contributed by atoms with van der Waals surface area (Å²) in [6, 6.07) is 1.92. The SMILES string of the molecule is CCS(=O)(=O)CCNc1sc(C(C)=O)c(N)c1C#N. The van der Waals surface area contributed by atoms with Gasteiger partial charge in [-0.1, -0.05) is 6.92 Å². The molecule has 0 fully saturated rings. The van der Waals surface area contributed by atoms with Crippen LogP contribution in [0.3, 0.4) is 0 Å². The maximum atomic E-state index is 11.3. The van der Waals surface area contributed by atoms with Crippen LogP contribution in [0.25, 0.3) is 0 Å². The lowest BCUT2D eigenvalue weighted by Gasteiger charge is -2.04. The number of sulfone groups is 1. The summed E-state index contributed by atoms with van der Waals surface area (Å²) in [7, 11) is -3.07. The summed E-state index contributed by atoms with van der Waals surface area (Å²) in [6.45, 7) is 3.13. The Morgan fingerprint density at radius 1 is 1.53 bits per heavy atom. The average molecular weight is 301 g/mol. The quantitative estimate of drug-likeness (QED) is 0.764. The highest BCUT2D eigenvalue weighted by Crippen LogP contribution is 2.35. The first-order valence-electron chi connectivity index (χ1n) is 5.60. The van der Waals surface area contributed by atoms with E-state index >= 15 is 0 Å². The van der Waals surface area contributed by atoms with E-state index in [2.05, 4.69) is 5.32 Å². The Bertz CT molecular complexity index is 626. The van der Waals surface area contributed by atoms with Gasteiger partial charge in [-0.3, -0.25) is 4.79 Å². The van der Waals surface area contributed by atoms with Crippen LogP contribution in [0.4, 0.5) is 10.7 Å². The monoisotopic (exact) mass is 301 g/mol. The molecule has 1 aromatic heterocycles. The van der Waals surface area contributed by atoms with Crippen molar-refractivity contribution in [1.82, 2.24) is 0 Å². The zero-order valence-corrected chi connectivity index (χ0v) is 12.3. The topological polar surface area (TPSA) is 113 Å². The molecule has 0 aromatic carbocycles. The Morgan fingerprint density at radius 2 is 2.16 bits per heavy atom. The van der Waals surface area contributed by atoms with Gasteiger partial charge in [-0.05, 0) is 0 Å². The standard InChI is InChI=1S/C11H15N3O3S2/c1-3-19(16,17)5-4-14-11-8(6-12)9(13)10(18-11)7(2)15/h14H,3-5,13H2,1-2H3. The zero-order chi connectivity index (χ0) is 14.6. The molecule has 3 N–H and O–H groups in total. The number of anilines is 2. The molecule has 0 amide bonds. The van der Waals surface area contributed by atoms with Gasteiger partial charge in [0.2, 0.25) is 0 Å². The van der Waals surface area contributed by atoms with Gasteiger partial charge in [0.1, 0.15) is 16.6 Å². The minimum Gasteiger partial charge on any atom is -0.396 e. The maximum Gasteiger partial charge on any atom is 0.171 e. The van der Waals surface area contributed by atoms with E-state index in [-0.39, 0.29) is 35.1 Å².